The molecule has 5 rings (SSSR count). The van der Waals surface area contributed by atoms with E-state index in [1.807, 2.05) is 36.4 Å². The molecule has 14 heteroatoms. The van der Waals surface area contributed by atoms with Crippen LogP contribution in [0.25, 0.3) is 0 Å². The molecular formula is C35H38ClF3N4O4SSi. The molecule has 0 radical (unpaired) electrons. The van der Waals surface area contributed by atoms with Crippen LogP contribution < -0.4 is 32.3 Å². The van der Waals surface area contributed by atoms with Gasteiger partial charge >= 0.3 is 11.9 Å². The molecule has 8 nitrogen and oxygen atoms in total. The number of aromatic amines is 1. The third kappa shape index (κ3) is 8.02. The van der Waals surface area contributed by atoms with Crippen LogP contribution in [0.1, 0.15) is 44.5 Å². The number of halogens is 4. The molecule has 1 saturated heterocycles. The van der Waals surface area contributed by atoms with Gasteiger partial charge in [0.25, 0.3) is 13.9 Å². The van der Waals surface area contributed by atoms with Gasteiger partial charge in [-0.15, -0.1) is 0 Å². The lowest BCUT2D eigenvalue weighted by atomic mass is 10.0. The Balaban J connectivity index is 1.43. The third-order valence-electron chi connectivity index (χ3n) is 8.75. The van der Waals surface area contributed by atoms with Gasteiger partial charge in [-0.25, -0.2) is 4.79 Å². The molecule has 1 fully saturated rings. The van der Waals surface area contributed by atoms with Gasteiger partial charge in [0, 0.05) is 29.9 Å². The predicted octanol–water partition coefficient (Wildman–Crippen LogP) is 5.98. The minimum Gasteiger partial charge on any atom is -0.405 e. The normalized spacial score (nSPS) is 18.3. The first-order chi connectivity index (χ1) is 23.1. The lowest BCUT2D eigenvalue weighted by Gasteiger charge is -2.43. The van der Waals surface area contributed by atoms with Crippen molar-refractivity contribution in [3.63, 3.8) is 0 Å². The molecule has 3 N–H and O–H groups in total. The first-order valence-electron chi connectivity index (χ1n) is 15.7. The van der Waals surface area contributed by atoms with E-state index < -0.39 is 48.7 Å². The number of nitrogens with one attached hydrogen (secondary N) is 3. The number of thiocarbonyl (C=S) groups is 1. The van der Waals surface area contributed by atoms with Crippen molar-refractivity contribution in [2.75, 3.05) is 18.5 Å². The number of alkyl halides is 3. The highest BCUT2D eigenvalue weighted by Gasteiger charge is 2.51. The van der Waals surface area contributed by atoms with E-state index in [1.165, 1.54) is 16.8 Å². The van der Waals surface area contributed by atoms with Crippen molar-refractivity contribution >= 4 is 53.3 Å². The summed E-state index contributed by atoms with van der Waals surface area (Å²) >= 11 is 11.2. The van der Waals surface area contributed by atoms with Crippen molar-refractivity contribution in [2.45, 2.75) is 57.7 Å². The zero-order valence-corrected chi connectivity index (χ0v) is 30.0. The van der Waals surface area contributed by atoms with E-state index in [-0.39, 0.29) is 34.9 Å². The fraction of sp³-hybridized carbons (Fsp3) is 0.343. The SMILES string of the molecule is Cc1cn([C@H]2C[C@H](CNC(=S)Nc3ccc(Cl)c(C(F)(F)F)c3)[C@@H](CO[Si](c3ccccc3)(c3ccccc3)C(C)(C)C)O2)c(=O)[nH]c1=O. The molecule has 1 aliphatic heterocycles. The van der Waals surface area contributed by atoms with Gasteiger partial charge in [-0.3, -0.25) is 14.3 Å². The number of anilines is 1. The molecule has 2 heterocycles. The van der Waals surface area contributed by atoms with Crippen LogP contribution in [0.3, 0.4) is 0 Å². The van der Waals surface area contributed by atoms with E-state index in [0.29, 0.717) is 12.0 Å². The molecule has 1 aliphatic rings. The predicted molar refractivity (Wildman–Crippen MR) is 192 cm³/mol. The maximum absolute atomic E-state index is 13.4. The third-order valence-corrected chi connectivity index (χ3v) is 14.3. The second kappa shape index (κ2) is 14.6. The average Bonchev–Trinajstić information content (AvgIpc) is 3.45. The Morgan fingerprint density at radius 1 is 1.04 bits per heavy atom. The molecule has 4 aromatic rings. The van der Waals surface area contributed by atoms with Crippen molar-refractivity contribution < 1.29 is 22.3 Å². The van der Waals surface area contributed by atoms with E-state index in [2.05, 4.69) is 60.7 Å². The van der Waals surface area contributed by atoms with E-state index in [1.54, 1.807) is 6.92 Å². The van der Waals surface area contributed by atoms with Gasteiger partial charge in [0.1, 0.15) is 6.23 Å². The Kier molecular flexibility index (Phi) is 10.9. The molecule has 0 bridgehead atoms. The highest BCUT2D eigenvalue weighted by atomic mass is 35.5. The highest BCUT2D eigenvalue weighted by molar-refractivity contribution is 7.80. The van der Waals surface area contributed by atoms with E-state index in [9.17, 15) is 22.8 Å². The molecule has 0 amide bonds. The number of aryl methyl sites for hydroxylation is 1. The summed E-state index contributed by atoms with van der Waals surface area (Å²) in [6, 6.07) is 23.8. The largest absolute Gasteiger partial charge is 0.417 e. The van der Waals surface area contributed by atoms with Crippen LogP contribution >= 0.6 is 23.8 Å². The lowest BCUT2D eigenvalue weighted by molar-refractivity contribution is -0.137. The van der Waals surface area contributed by atoms with Crippen LogP contribution in [-0.4, -0.2) is 42.2 Å². The second-order valence-electron chi connectivity index (χ2n) is 13.1. The first-order valence-corrected chi connectivity index (χ1v) is 18.4. The molecule has 0 saturated carbocycles. The van der Waals surface area contributed by atoms with Gasteiger partial charge in [0.2, 0.25) is 0 Å². The van der Waals surface area contributed by atoms with Crippen LogP contribution in [0.5, 0.6) is 0 Å². The van der Waals surface area contributed by atoms with E-state index >= 15 is 0 Å². The Bertz CT molecular complexity index is 1860. The summed E-state index contributed by atoms with van der Waals surface area (Å²) in [5.41, 5.74) is -1.57. The van der Waals surface area contributed by atoms with Crippen LogP contribution in [-0.2, 0) is 15.3 Å². The summed E-state index contributed by atoms with van der Waals surface area (Å²) < 4.78 is 55.4. The highest BCUT2D eigenvalue weighted by Crippen LogP contribution is 2.39. The number of aromatic nitrogens is 2. The Hall–Kier alpha value is -3.75. The number of hydrogen-bond donors (Lipinski definition) is 3. The minimum absolute atomic E-state index is 0.0996. The Morgan fingerprint density at radius 2 is 1.65 bits per heavy atom. The maximum Gasteiger partial charge on any atom is 0.417 e. The number of nitrogens with zero attached hydrogens (tertiary/aromatic N) is 1. The number of benzene rings is 3. The quantitative estimate of drug-likeness (QED) is 0.144. The van der Waals surface area contributed by atoms with Crippen molar-refractivity contribution in [1.29, 1.82) is 0 Å². The van der Waals surface area contributed by atoms with Crippen LogP contribution in [0.4, 0.5) is 18.9 Å². The van der Waals surface area contributed by atoms with Gasteiger partial charge in [-0.1, -0.05) is 93.0 Å². The summed E-state index contributed by atoms with van der Waals surface area (Å²) in [5.74, 6) is -0.252. The fourth-order valence-electron chi connectivity index (χ4n) is 6.34. The van der Waals surface area contributed by atoms with Gasteiger partial charge in [-0.05, 0) is 59.2 Å². The minimum atomic E-state index is -4.63. The fourth-order valence-corrected chi connectivity index (χ4v) is 11.3. The molecule has 3 aromatic carbocycles. The maximum atomic E-state index is 13.4. The molecule has 1 aromatic heterocycles. The Morgan fingerprint density at radius 3 is 2.22 bits per heavy atom. The summed E-state index contributed by atoms with van der Waals surface area (Å²) in [4.78, 5) is 27.3. The van der Waals surface area contributed by atoms with E-state index in [4.69, 9.17) is 33.0 Å². The standard InChI is InChI=1S/C35H38ClF3N4O4SSi/c1-22-20-43(33(45)42-31(22)44)30-17-23(19-40-32(48)41-24-15-16-28(36)27(18-24)35(37,38)39)29(47-30)21-46-49(34(2,3)4,25-11-7-5-8-12-25)26-13-9-6-10-14-26/h5-16,18,20,23,29-30H,17,19,21H2,1-4H3,(H2,40,41,48)(H,42,44,45)/t23-,29-,30-/m1/s1. The molecule has 0 unspecified atom stereocenters. The summed E-state index contributed by atoms with van der Waals surface area (Å²) in [6.07, 6.45) is -4.01. The smallest absolute Gasteiger partial charge is 0.405 e. The monoisotopic (exact) mass is 730 g/mol. The number of H-pyrrole nitrogens is 1. The number of ether oxygens (including phenoxy) is 1. The molecule has 260 valence electrons. The van der Waals surface area contributed by atoms with Crippen LogP contribution in [0.2, 0.25) is 10.1 Å². The summed E-state index contributed by atoms with van der Waals surface area (Å²) in [5, 5.41) is 7.49. The average molecular weight is 731 g/mol. The second-order valence-corrected chi connectivity index (χ2v) is 18.2. The van der Waals surface area contributed by atoms with E-state index in [0.717, 1.165) is 22.5 Å². The lowest BCUT2D eigenvalue weighted by Crippen LogP contribution is -2.67. The van der Waals surface area contributed by atoms with Crippen molar-refractivity contribution in [3.8, 4) is 0 Å². The summed E-state index contributed by atoms with van der Waals surface area (Å²) in [6.45, 7) is 8.56. The van der Waals surface area contributed by atoms with Crippen molar-refractivity contribution in [1.82, 2.24) is 14.9 Å². The van der Waals surface area contributed by atoms with Gasteiger partial charge in [0.15, 0.2) is 5.11 Å². The van der Waals surface area contributed by atoms with Crippen LogP contribution in [0, 0.1) is 12.8 Å². The van der Waals surface area contributed by atoms with Gasteiger partial charge in [-0.2, -0.15) is 13.2 Å². The van der Waals surface area contributed by atoms with Crippen LogP contribution in [0.15, 0.2) is 94.6 Å². The zero-order chi connectivity index (χ0) is 35.6. The summed E-state index contributed by atoms with van der Waals surface area (Å²) in [7, 11) is -2.95. The zero-order valence-electron chi connectivity index (χ0n) is 27.4. The Labute approximate surface area is 293 Å². The molecule has 0 aliphatic carbocycles. The molecule has 0 spiro atoms. The molecule has 3 atom stereocenters. The van der Waals surface area contributed by atoms with Gasteiger partial charge < -0.3 is 19.8 Å². The molecular weight excluding hydrogens is 693 g/mol. The van der Waals surface area contributed by atoms with Crippen molar-refractivity contribution in [2.24, 2.45) is 5.92 Å². The van der Waals surface area contributed by atoms with Crippen molar-refractivity contribution in [3.05, 3.63) is 122 Å². The topological polar surface area (TPSA) is 97.4 Å². The molecule has 49 heavy (non-hydrogen) atoms. The first kappa shape index (κ1) is 36.5. The number of rotatable bonds is 9. The number of hydrogen-bond acceptors (Lipinski definition) is 5. The van der Waals surface area contributed by atoms with Gasteiger partial charge in [0.05, 0.1) is 23.3 Å².